The van der Waals surface area contributed by atoms with E-state index in [1.165, 1.54) is 29.2 Å². The molecule has 3 fully saturated rings. The quantitative estimate of drug-likeness (QED) is 0.724. The fourth-order valence-corrected chi connectivity index (χ4v) is 4.49. The molecule has 0 N–H and O–H groups in total. The van der Waals surface area contributed by atoms with Gasteiger partial charge in [0, 0.05) is 19.1 Å². The van der Waals surface area contributed by atoms with Crippen molar-refractivity contribution in [3.05, 3.63) is 30.1 Å². The number of amides is 4. The average molecular weight is 403 g/mol. The molecule has 1 unspecified atom stereocenters. The summed E-state index contributed by atoms with van der Waals surface area (Å²) < 4.78 is 18.4. The maximum Gasteiger partial charge on any atom is 0.327 e. The van der Waals surface area contributed by atoms with Gasteiger partial charge in [0.25, 0.3) is 11.8 Å². The molecule has 0 aromatic heterocycles. The van der Waals surface area contributed by atoms with Crippen molar-refractivity contribution in [2.75, 3.05) is 26.2 Å². The molecule has 1 atom stereocenters. The predicted octanol–water partition coefficient (Wildman–Crippen LogP) is 2.40. The van der Waals surface area contributed by atoms with E-state index in [4.69, 9.17) is 4.74 Å². The average Bonchev–Trinajstić information content (AvgIpc) is 2.89. The highest BCUT2D eigenvalue weighted by Crippen LogP contribution is 2.30. The summed E-state index contributed by atoms with van der Waals surface area (Å²) >= 11 is 0. The van der Waals surface area contributed by atoms with E-state index in [0.29, 0.717) is 25.3 Å². The van der Waals surface area contributed by atoms with Gasteiger partial charge in [-0.2, -0.15) is 0 Å². The molecule has 156 valence electrons. The lowest BCUT2D eigenvalue weighted by Gasteiger charge is -2.29. The molecule has 1 aromatic carbocycles. The molecule has 0 bridgehead atoms. The fourth-order valence-electron chi connectivity index (χ4n) is 4.49. The first kappa shape index (κ1) is 19.7. The summed E-state index contributed by atoms with van der Waals surface area (Å²) in [7, 11) is 0. The monoisotopic (exact) mass is 403 g/mol. The molecule has 2 heterocycles. The molecule has 1 aromatic rings. The molecule has 2 aliphatic heterocycles. The molecular formula is C21H26FN3O4. The second kappa shape index (κ2) is 8.39. The van der Waals surface area contributed by atoms with E-state index in [9.17, 15) is 18.8 Å². The number of ether oxygens (including phenoxy) is 1. The Morgan fingerprint density at radius 3 is 2.48 bits per heavy atom. The lowest BCUT2D eigenvalue weighted by Crippen LogP contribution is -2.46. The van der Waals surface area contributed by atoms with E-state index in [1.54, 1.807) is 9.80 Å². The minimum absolute atomic E-state index is 0.0124. The Morgan fingerprint density at radius 2 is 1.76 bits per heavy atom. The number of benzene rings is 1. The van der Waals surface area contributed by atoms with E-state index in [-0.39, 0.29) is 42.9 Å². The van der Waals surface area contributed by atoms with Crippen LogP contribution in [-0.4, -0.2) is 70.9 Å². The number of halogens is 1. The summed E-state index contributed by atoms with van der Waals surface area (Å²) in [4.78, 5) is 43.3. The van der Waals surface area contributed by atoms with Gasteiger partial charge in [-0.1, -0.05) is 19.3 Å². The molecule has 7 nitrogen and oxygen atoms in total. The van der Waals surface area contributed by atoms with E-state index in [1.807, 2.05) is 0 Å². The van der Waals surface area contributed by atoms with Crippen LogP contribution in [0.25, 0.3) is 0 Å². The summed E-state index contributed by atoms with van der Waals surface area (Å²) in [5.41, 5.74) is 0. The Bertz CT molecular complexity index is 779. The molecule has 4 amide bonds. The van der Waals surface area contributed by atoms with Crippen molar-refractivity contribution in [3.8, 4) is 5.75 Å². The number of nitrogens with zero attached hydrogens (tertiary/aromatic N) is 3. The molecule has 3 aliphatic rings. The number of urea groups is 1. The van der Waals surface area contributed by atoms with Crippen LogP contribution in [0.15, 0.2) is 24.3 Å². The largest absolute Gasteiger partial charge is 0.484 e. The molecule has 8 heteroatoms. The Balaban J connectivity index is 1.40. The summed E-state index contributed by atoms with van der Waals surface area (Å²) in [5.74, 6) is -0.386. The number of carbonyl (C=O) groups is 3. The maximum atomic E-state index is 13.0. The SMILES string of the molecule is O=C(COc1ccc(F)cc1)N1CCCN2C(=O)N(C3CCCCC3)C(=O)C2C1. The van der Waals surface area contributed by atoms with E-state index in [2.05, 4.69) is 0 Å². The lowest BCUT2D eigenvalue weighted by molar-refractivity contribution is -0.135. The normalized spacial score (nSPS) is 23.2. The standard InChI is InChI=1S/C21H26FN3O4/c22-15-7-9-17(10-8-15)29-14-19(26)23-11-4-12-24-18(13-23)20(27)25(21(24)28)16-5-2-1-3-6-16/h7-10,16,18H,1-6,11-14H2. The fraction of sp³-hybridized carbons (Fsp3) is 0.571. The first-order chi connectivity index (χ1) is 14.0. The zero-order chi connectivity index (χ0) is 20.4. The van der Waals surface area contributed by atoms with Crippen molar-refractivity contribution in [1.29, 1.82) is 0 Å². The molecule has 1 saturated carbocycles. The van der Waals surface area contributed by atoms with Gasteiger partial charge in [-0.05, 0) is 43.5 Å². The van der Waals surface area contributed by atoms with Gasteiger partial charge in [-0.3, -0.25) is 14.5 Å². The van der Waals surface area contributed by atoms with Crippen LogP contribution < -0.4 is 4.74 Å². The maximum absolute atomic E-state index is 13.0. The van der Waals surface area contributed by atoms with Crippen LogP contribution in [0, 0.1) is 5.82 Å². The minimum Gasteiger partial charge on any atom is -0.484 e. The highest BCUT2D eigenvalue weighted by Gasteiger charge is 2.49. The molecular weight excluding hydrogens is 377 g/mol. The van der Waals surface area contributed by atoms with E-state index in [0.717, 1.165) is 32.1 Å². The van der Waals surface area contributed by atoms with Crippen LogP contribution in [0.5, 0.6) is 5.75 Å². The Morgan fingerprint density at radius 1 is 1.03 bits per heavy atom. The highest BCUT2D eigenvalue weighted by molar-refractivity contribution is 6.05. The van der Waals surface area contributed by atoms with Gasteiger partial charge >= 0.3 is 6.03 Å². The molecule has 2 saturated heterocycles. The van der Waals surface area contributed by atoms with Crippen LogP contribution in [0.3, 0.4) is 0 Å². The van der Waals surface area contributed by atoms with E-state index < -0.39 is 6.04 Å². The van der Waals surface area contributed by atoms with Crippen LogP contribution in [0.4, 0.5) is 9.18 Å². The van der Waals surface area contributed by atoms with Crippen LogP contribution in [0.1, 0.15) is 38.5 Å². The Kier molecular flexibility index (Phi) is 5.69. The van der Waals surface area contributed by atoms with Crippen molar-refractivity contribution in [3.63, 3.8) is 0 Å². The lowest BCUT2D eigenvalue weighted by atomic mass is 9.94. The Labute approximate surface area is 169 Å². The Hall–Kier alpha value is -2.64. The third kappa shape index (κ3) is 4.06. The van der Waals surface area contributed by atoms with Gasteiger partial charge < -0.3 is 14.5 Å². The zero-order valence-corrected chi connectivity index (χ0v) is 16.4. The molecule has 29 heavy (non-hydrogen) atoms. The number of hydrogen-bond donors (Lipinski definition) is 0. The topological polar surface area (TPSA) is 70.2 Å². The van der Waals surface area contributed by atoms with E-state index >= 15 is 0 Å². The molecule has 1 aliphatic carbocycles. The number of hydrogen-bond acceptors (Lipinski definition) is 4. The van der Waals surface area contributed by atoms with Crippen molar-refractivity contribution in [2.45, 2.75) is 50.6 Å². The highest BCUT2D eigenvalue weighted by atomic mass is 19.1. The number of fused-ring (bicyclic) bond motifs is 1. The van der Waals surface area contributed by atoms with Gasteiger partial charge in [0.05, 0.1) is 6.54 Å². The number of rotatable bonds is 4. The van der Waals surface area contributed by atoms with Gasteiger partial charge in [0.15, 0.2) is 6.61 Å². The van der Waals surface area contributed by atoms with Crippen LogP contribution in [0.2, 0.25) is 0 Å². The van der Waals surface area contributed by atoms with Gasteiger partial charge in [0.1, 0.15) is 17.6 Å². The predicted molar refractivity (Wildman–Crippen MR) is 103 cm³/mol. The zero-order valence-electron chi connectivity index (χ0n) is 16.4. The molecule has 0 spiro atoms. The summed E-state index contributed by atoms with van der Waals surface area (Å²) in [5, 5.41) is 0. The second-order valence-electron chi connectivity index (χ2n) is 7.93. The third-order valence-electron chi connectivity index (χ3n) is 6.04. The summed E-state index contributed by atoms with van der Waals surface area (Å²) in [6.07, 6.45) is 5.58. The van der Waals surface area contributed by atoms with Gasteiger partial charge in [-0.25, -0.2) is 9.18 Å². The number of carbonyl (C=O) groups excluding carboxylic acids is 3. The van der Waals surface area contributed by atoms with Gasteiger partial charge in [0.2, 0.25) is 0 Å². The third-order valence-corrected chi connectivity index (χ3v) is 6.04. The minimum atomic E-state index is -0.610. The first-order valence-corrected chi connectivity index (χ1v) is 10.3. The van der Waals surface area contributed by atoms with Crippen LogP contribution in [-0.2, 0) is 9.59 Å². The molecule has 0 radical (unpaired) electrons. The van der Waals surface area contributed by atoms with Crippen LogP contribution >= 0.6 is 0 Å². The summed E-state index contributed by atoms with van der Waals surface area (Å²) in [6, 6.07) is 4.65. The van der Waals surface area contributed by atoms with Gasteiger partial charge in [-0.15, -0.1) is 0 Å². The van der Waals surface area contributed by atoms with Crippen molar-refractivity contribution < 1.29 is 23.5 Å². The first-order valence-electron chi connectivity index (χ1n) is 10.3. The van der Waals surface area contributed by atoms with Crippen molar-refractivity contribution in [1.82, 2.24) is 14.7 Å². The second-order valence-corrected chi connectivity index (χ2v) is 7.93. The molecule has 4 rings (SSSR count). The van der Waals surface area contributed by atoms with Crippen molar-refractivity contribution >= 4 is 17.8 Å². The summed E-state index contributed by atoms with van der Waals surface area (Å²) in [6.45, 7) is 0.954. The number of imide groups is 1. The van der Waals surface area contributed by atoms with Crippen molar-refractivity contribution in [2.24, 2.45) is 0 Å². The smallest absolute Gasteiger partial charge is 0.327 e.